The van der Waals surface area contributed by atoms with E-state index >= 15 is 0 Å². The number of amides is 1. The molecule has 0 aliphatic carbocycles. The van der Waals surface area contributed by atoms with Crippen molar-refractivity contribution in [3.8, 4) is 0 Å². The van der Waals surface area contributed by atoms with Gasteiger partial charge >= 0.3 is 0 Å². The van der Waals surface area contributed by atoms with Gasteiger partial charge < -0.3 is 14.6 Å². The van der Waals surface area contributed by atoms with Gasteiger partial charge in [-0.1, -0.05) is 33.8 Å². The minimum absolute atomic E-state index is 0.0150. The lowest BCUT2D eigenvalue weighted by atomic mass is 10.0. The number of morpholine rings is 1. The molecule has 4 rings (SSSR count). The molecule has 37 heavy (non-hydrogen) atoms. The molecule has 6 nitrogen and oxygen atoms in total. The number of nitrogens with zero attached hydrogens (tertiary/aromatic N) is 3. The molecule has 0 saturated carbocycles. The number of thiophene rings is 1. The molecule has 1 amide bonds. The van der Waals surface area contributed by atoms with Gasteiger partial charge in [0.1, 0.15) is 5.82 Å². The van der Waals surface area contributed by atoms with Crippen molar-refractivity contribution in [2.75, 3.05) is 19.6 Å². The first-order valence-electron chi connectivity index (χ1n) is 14.0. The summed E-state index contributed by atoms with van der Waals surface area (Å²) in [5.41, 5.74) is 2.70. The number of aromatic nitrogens is 2. The van der Waals surface area contributed by atoms with E-state index < -0.39 is 0 Å². The molecule has 3 unspecified atom stereocenters. The summed E-state index contributed by atoms with van der Waals surface area (Å²) >= 11 is 1.77. The minimum Gasteiger partial charge on any atom is -0.373 e. The lowest BCUT2D eigenvalue weighted by molar-refractivity contribution is -0.0699. The number of carbonyl (C=O) groups is 1. The molecule has 1 fully saturated rings. The average Bonchev–Trinajstić information content (AvgIpc) is 3.46. The van der Waals surface area contributed by atoms with Gasteiger partial charge in [0.25, 0.3) is 5.91 Å². The third-order valence-electron chi connectivity index (χ3n) is 7.31. The number of carbonyl (C=O) groups excluding carboxylic acids is 1. The van der Waals surface area contributed by atoms with Crippen molar-refractivity contribution in [1.82, 2.24) is 19.8 Å². The topological polar surface area (TPSA) is 59.4 Å². The molecule has 0 bridgehead atoms. The summed E-state index contributed by atoms with van der Waals surface area (Å²) in [5, 5.41) is 5.47. The monoisotopic (exact) mass is 524 g/mol. The van der Waals surface area contributed by atoms with Crippen LogP contribution in [0, 0.1) is 5.92 Å². The highest BCUT2D eigenvalue weighted by Gasteiger charge is 2.26. The van der Waals surface area contributed by atoms with Crippen LogP contribution in [0.4, 0.5) is 0 Å². The van der Waals surface area contributed by atoms with Gasteiger partial charge in [0.15, 0.2) is 0 Å². The zero-order chi connectivity index (χ0) is 26.5. The van der Waals surface area contributed by atoms with Gasteiger partial charge in [-0.2, -0.15) is 0 Å². The molecular formula is C30H44N4O2S. The van der Waals surface area contributed by atoms with Crippen LogP contribution in [0.25, 0.3) is 11.0 Å². The van der Waals surface area contributed by atoms with Gasteiger partial charge in [-0.05, 0) is 68.7 Å². The number of ether oxygens (including phenoxy) is 1. The predicted octanol–water partition coefficient (Wildman–Crippen LogP) is 6.30. The molecule has 0 radical (unpaired) electrons. The Morgan fingerprint density at radius 3 is 2.51 bits per heavy atom. The highest BCUT2D eigenvalue weighted by molar-refractivity contribution is 7.09. The molecule has 1 N–H and O–H groups in total. The number of imidazole rings is 1. The Morgan fingerprint density at radius 2 is 1.89 bits per heavy atom. The van der Waals surface area contributed by atoms with E-state index in [1.807, 2.05) is 12.1 Å². The van der Waals surface area contributed by atoms with Gasteiger partial charge in [-0.15, -0.1) is 11.3 Å². The van der Waals surface area contributed by atoms with Crippen LogP contribution in [0.2, 0.25) is 0 Å². The predicted molar refractivity (Wildman–Crippen MR) is 154 cm³/mol. The highest BCUT2D eigenvalue weighted by atomic mass is 32.1. The third-order valence-corrected chi connectivity index (χ3v) is 8.19. The number of hydrogen-bond donors (Lipinski definition) is 1. The molecular weight excluding hydrogens is 480 g/mol. The Kier molecular flexibility index (Phi) is 9.43. The first-order valence-corrected chi connectivity index (χ1v) is 14.9. The van der Waals surface area contributed by atoms with Gasteiger partial charge in [0, 0.05) is 48.6 Å². The van der Waals surface area contributed by atoms with Crippen molar-refractivity contribution in [3.63, 3.8) is 0 Å². The zero-order valence-electron chi connectivity index (χ0n) is 23.4. The summed E-state index contributed by atoms with van der Waals surface area (Å²) in [7, 11) is 0. The molecule has 1 aliphatic heterocycles. The van der Waals surface area contributed by atoms with Gasteiger partial charge in [0.2, 0.25) is 0 Å². The normalized spacial score (nSPS) is 19.7. The average molecular weight is 525 g/mol. The van der Waals surface area contributed by atoms with Crippen LogP contribution in [0.15, 0.2) is 35.7 Å². The SMILES string of the molecule is CCC(CC)n1c(Cc2cccs2)nc2cc(C(=O)NC(CC(C)C)CN3CC(C)OC(C)C3)ccc21. The molecule has 1 aromatic carbocycles. The molecule has 3 heterocycles. The first kappa shape index (κ1) is 27.8. The standard InChI is InChI=1S/C30H44N4O2S/c1-7-25(8-2)34-28-12-11-23(15-27(28)32-29(34)16-26-10-9-13-37-26)30(35)31-24(14-20(3)4)19-33-17-21(5)36-22(6)18-33/h9-13,15,20-22,24-25H,7-8,14,16-19H2,1-6H3,(H,31,35). The Hall–Kier alpha value is -2.22. The second-order valence-electron chi connectivity index (χ2n) is 11.1. The second-order valence-corrected chi connectivity index (χ2v) is 12.1. The van der Waals surface area contributed by atoms with E-state index in [0.717, 1.165) is 62.2 Å². The second kappa shape index (κ2) is 12.5. The summed E-state index contributed by atoms with van der Waals surface area (Å²) in [6, 6.07) is 10.8. The van der Waals surface area contributed by atoms with Crippen LogP contribution >= 0.6 is 11.3 Å². The maximum absolute atomic E-state index is 13.5. The summed E-state index contributed by atoms with van der Waals surface area (Å²) in [4.78, 5) is 22.3. The van der Waals surface area contributed by atoms with E-state index in [1.165, 1.54) is 4.88 Å². The van der Waals surface area contributed by atoms with Gasteiger partial charge in [-0.25, -0.2) is 4.98 Å². The number of rotatable bonds is 11. The van der Waals surface area contributed by atoms with E-state index in [2.05, 4.69) is 79.9 Å². The number of benzene rings is 1. The van der Waals surface area contributed by atoms with E-state index in [-0.39, 0.29) is 24.2 Å². The lowest BCUT2D eigenvalue weighted by Crippen LogP contribution is -2.51. The fraction of sp³-hybridized carbons (Fsp3) is 0.600. The quantitative estimate of drug-likeness (QED) is 0.320. The van der Waals surface area contributed by atoms with E-state index in [9.17, 15) is 4.79 Å². The molecule has 2 aromatic heterocycles. The van der Waals surface area contributed by atoms with E-state index in [4.69, 9.17) is 9.72 Å². The number of hydrogen-bond acceptors (Lipinski definition) is 5. The molecule has 1 saturated heterocycles. The Morgan fingerprint density at radius 1 is 1.16 bits per heavy atom. The fourth-order valence-corrected chi connectivity index (χ4v) is 6.51. The Labute approximate surface area is 226 Å². The van der Waals surface area contributed by atoms with Crippen molar-refractivity contribution in [1.29, 1.82) is 0 Å². The van der Waals surface area contributed by atoms with Crippen molar-refractivity contribution >= 4 is 28.3 Å². The first-order chi connectivity index (χ1) is 17.8. The van der Waals surface area contributed by atoms with Crippen LogP contribution in [0.5, 0.6) is 0 Å². The highest BCUT2D eigenvalue weighted by Crippen LogP contribution is 2.28. The third kappa shape index (κ3) is 7.01. The molecule has 3 aromatic rings. The summed E-state index contributed by atoms with van der Waals surface area (Å²) in [6.45, 7) is 15.8. The van der Waals surface area contributed by atoms with Crippen molar-refractivity contribution in [2.45, 2.75) is 91.5 Å². The van der Waals surface area contributed by atoms with E-state index in [1.54, 1.807) is 11.3 Å². The lowest BCUT2D eigenvalue weighted by Gasteiger charge is -2.37. The fourth-order valence-electron chi connectivity index (χ4n) is 5.81. The summed E-state index contributed by atoms with van der Waals surface area (Å²) in [6.07, 6.45) is 4.30. The number of nitrogens with one attached hydrogen (secondary N) is 1. The molecule has 0 spiro atoms. The smallest absolute Gasteiger partial charge is 0.251 e. The maximum atomic E-state index is 13.5. The van der Waals surface area contributed by atoms with Gasteiger partial charge in [-0.3, -0.25) is 9.69 Å². The zero-order valence-corrected chi connectivity index (χ0v) is 24.2. The Balaban J connectivity index is 1.56. The molecule has 202 valence electrons. The summed E-state index contributed by atoms with van der Waals surface area (Å²) in [5.74, 6) is 1.56. The van der Waals surface area contributed by atoms with Gasteiger partial charge in [0.05, 0.1) is 23.2 Å². The maximum Gasteiger partial charge on any atom is 0.251 e. The van der Waals surface area contributed by atoms with Crippen LogP contribution in [-0.4, -0.2) is 58.2 Å². The largest absolute Gasteiger partial charge is 0.373 e. The van der Waals surface area contributed by atoms with E-state index in [0.29, 0.717) is 17.5 Å². The van der Waals surface area contributed by atoms with Crippen LogP contribution in [-0.2, 0) is 11.2 Å². The molecule has 3 atom stereocenters. The van der Waals surface area contributed by atoms with Crippen molar-refractivity contribution in [3.05, 3.63) is 52.0 Å². The van der Waals surface area contributed by atoms with Crippen LogP contribution < -0.4 is 5.32 Å². The minimum atomic E-state index is -0.0150. The van der Waals surface area contributed by atoms with Crippen LogP contribution in [0.3, 0.4) is 0 Å². The van der Waals surface area contributed by atoms with Crippen molar-refractivity contribution < 1.29 is 9.53 Å². The molecule has 1 aliphatic rings. The summed E-state index contributed by atoms with van der Waals surface area (Å²) < 4.78 is 8.31. The van der Waals surface area contributed by atoms with Crippen LogP contribution in [0.1, 0.15) is 87.9 Å². The number of fused-ring (bicyclic) bond motifs is 1. The Bertz CT molecular complexity index is 1140. The molecule has 7 heteroatoms. The van der Waals surface area contributed by atoms with Crippen molar-refractivity contribution in [2.24, 2.45) is 5.92 Å².